The number of likely N-dealkylation sites (N-methyl/N-ethyl adjacent to an activating group) is 1. The Morgan fingerprint density at radius 1 is 1.42 bits per heavy atom. The first kappa shape index (κ1) is 16.4. The molecular formula is C13H24ClN3O2. The fourth-order valence-electron chi connectivity index (χ4n) is 2.29. The van der Waals surface area contributed by atoms with Crippen LogP contribution in [0.2, 0.25) is 5.02 Å². The number of nitrogens with zero attached hydrogens (tertiary/aromatic N) is 2. The second kappa shape index (κ2) is 7.85. The molecule has 0 amide bonds. The molecule has 0 aromatic carbocycles. The molecule has 0 aliphatic carbocycles. The quantitative estimate of drug-likeness (QED) is 0.796. The molecule has 5 nitrogen and oxygen atoms in total. The highest BCUT2D eigenvalue weighted by molar-refractivity contribution is 6.31. The van der Waals surface area contributed by atoms with Crippen molar-refractivity contribution in [1.29, 1.82) is 0 Å². The lowest BCUT2D eigenvalue weighted by Crippen LogP contribution is -2.36. The van der Waals surface area contributed by atoms with Gasteiger partial charge in [-0.2, -0.15) is 5.10 Å². The summed E-state index contributed by atoms with van der Waals surface area (Å²) >= 11 is 6.28. The maximum atomic E-state index is 6.28. The standard InChI is InChI=1S/C13H24ClN3O2/c1-9(2)13(19-5)11(15-3)12-10(14)8-16-17(12)6-7-18-4/h8-9,11,13,15H,6-7H2,1-5H3. The van der Waals surface area contributed by atoms with E-state index in [1.807, 2.05) is 11.7 Å². The highest BCUT2D eigenvalue weighted by atomic mass is 35.5. The summed E-state index contributed by atoms with van der Waals surface area (Å²) in [5.74, 6) is 0.365. The van der Waals surface area contributed by atoms with Crippen LogP contribution in [0, 0.1) is 5.92 Å². The van der Waals surface area contributed by atoms with Gasteiger partial charge in [0.25, 0.3) is 0 Å². The van der Waals surface area contributed by atoms with Crippen LogP contribution in [-0.2, 0) is 16.0 Å². The van der Waals surface area contributed by atoms with Crippen LogP contribution in [0.4, 0.5) is 0 Å². The first-order valence-electron chi connectivity index (χ1n) is 6.47. The van der Waals surface area contributed by atoms with E-state index in [-0.39, 0.29) is 12.1 Å². The van der Waals surface area contributed by atoms with E-state index < -0.39 is 0 Å². The first-order valence-corrected chi connectivity index (χ1v) is 6.84. The molecule has 1 rings (SSSR count). The van der Waals surface area contributed by atoms with Crippen LogP contribution in [0.1, 0.15) is 25.6 Å². The number of hydrogen-bond donors (Lipinski definition) is 1. The van der Waals surface area contributed by atoms with Crippen molar-refractivity contribution in [3.63, 3.8) is 0 Å². The summed E-state index contributed by atoms with van der Waals surface area (Å²) in [5, 5.41) is 8.24. The Morgan fingerprint density at radius 3 is 2.58 bits per heavy atom. The van der Waals surface area contributed by atoms with Gasteiger partial charge in [-0.25, -0.2) is 0 Å². The van der Waals surface area contributed by atoms with Crippen LogP contribution in [0.3, 0.4) is 0 Å². The smallest absolute Gasteiger partial charge is 0.0835 e. The third-order valence-corrected chi connectivity index (χ3v) is 3.50. The highest BCUT2D eigenvalue weighted by Gasteiger charge is 2.29. The number of halogens is 1. The van der Waals surface area contributed by atoms with E-state index >= 15 is 0 Å². The van der Waals surface area contributed by atoms with Crippen molar-refractivity contribution in [1.82, 2.24) is 15.1 Å². The molecule has 1 aromatic rings. The van der Waals surface area contributed by atoms with E-state index in [9.17, 15) is 0 Å². The van der Waals surface area contributed by atoms with Crippen molar-refractivity contribution < 1.29 is 9.47 Å². The zero-order valence-electron chi connectivity index (χ0n) is 12.3. The summed E-state index contributed by atoms with van der Waals surface area (Å²) in [5.41, 5.74) is 0.946. The Bertz CT molecular complexity index is 382. The Morgan fingerprint density at radius 2 is 2.11 bits per heavy atom. The van der Waals surface area contributed by atoms with Crippen molar-refractivity contribution in [2.75, 3.05) is 27.9 Å². The maximum Gasteiger partial charge on any atom is 0.0835 e. The maximum absolute atomic E-state index is 6.28. The van der Waals surface area contributed by atoms with Gasteiger partial charge in [0.05, 0.1) is 42.2 Å². The number of nitrogens with one attached hydrogen (secondary N) is 1. The van der Waals surface area contributed by atoms with Crippen molar-refractivity contribution in [2.24, 2.45) is 5.92 Å². The second-order valence-corrected chi connectivity index (χ2v) is 5.21. The van der Waals surface area contributed by atoms with Gasteiger partial charge in [-0.15, -0.1) is 0 Å². The third kappa shape index (κ3) is 3.92. The molecule has 19 heavy (non-hydrogen) atoms. The Kier molecular flexibility index (Phi) is 6.79. The zero-order valence-corrected chi connectivity index (χ0v) is 13.1. The van der Waals surface area contributed by atoms with E-state index in [2.05, 4.69) is 24.3 Å². The van der Waals surface area contributed by atoms with Crippen molar-refractivity contribution >= 4 is 11.6 Å². The Labute approximate surface area is 120 Å². The summed E-state index contributed by atoms with van der Waals surface area (Å²) in [6.45, 7) is 5.52. The number of hydrogen-bond acceptors (Lipinski definition) is 4. The van der Waals surface area contributed by atoms with Gasteiger partial charge in [0.1, 0.15) is 0 Å². The molecule has 0 bridgehead atoms. The van der Waals surface area contributed by atoms with Crippen LogP contribution < -0.4 is 5.32 Å². The molecular weight excluding hydrogens is 266 g/mol. The van der Waals surface area contributed by atoms with E-state index in [4.69, 9.17) is 21.1 Å². The van der Waals surface area contributed by atoms with Crippen LogP contribution >= 0.6 is 11.6 Å². The van der Waals surface area contributed by atoms with E-state index in [1.165, 1.54) is 0 Å². The number of rotatable bonds is 8. The molecule has 110 valence electrons. The Balaban J connectivity index is 3.05. The lowest BCUT2D eigenvalue weighted by molar-refractivity contribution is 0.0319. The molecule has 1 heterocycles. The normalized spacial score (nSPS) is 14.9. The molecule has 1 N–H and O–H groups in total. The minimum atomic E-state index is -0.00291. The molecule has 1 aromatic heterocycles. The second-order valence-electron chi connectivity index (χ2n) is 4.80. The molecule has 0 spiro atoms. The summed E-state index contributed by atoms with van der Waals surface area (Å²) in [4.78, 5) is 0. The number of aromatic nitrogens is 2. The van der Waals surface area contributed by atoms with Crippen molar-refractivity contribution in [3.8, 4) is 0 Å². The van der Waals surface area contributed by atoms with Crippen LogP contribution in [0.5, 0.6) is 0 Å². The monoisotopic (exact) mass is 289 g/mol. The van der Waals surface area contributed by atoms with Gasteiger partial charge in [-0.1, -0.05) is 25.4 Å². The summed E-state index contributed by atoms with van der Waals surface area (Å²) in [6.07, 6.45) is 1.70. The summed E-state index contributed by atoms with van der Waals surface area (Å²) in [6, 6.07) is -0.00291. The lowest BCUT2D eigenvalue weighted by Gasteiger charge is -2.29. The average molecular weight is 290 g/mol. The molecule has 0 radical (unpaired) electrons. The van der Waals surface area contributed by atoms with Crippen molar-refractivity contribution in [2.45, 2.75) is 32.5 Å². The van der Waals surface area contributed by atoms with Gasteiger partial charge in [0, 0.05) is 14.2 Å². The fourth-order valence-corrected chi connectivity index (χ4v) is 2.55. The topological polar surface area (TPSA) is 48.3 Å². The molecule has 0 saturated heterocycles. The van der Waals surface area contributed by atoms with Gasteiger partial charge in [-0.05, 0) is 13.0 Å². The van der Waals surface area contributed by atoms with Crippen LogP contribution in [-0.4, -0.2) is 43.8 Å². The van der Waals surface area contributed by atoms with E-state index in [0.29, 0.717) is 24.1 Å². The molecule has 6 heteroatoms. The van der Waals surface area contributed by atoms with Crippen LogP contribution in [0.25, 0.3) is 0 Å². The minimum absolute atomic E-state index is 0.00291. The molecule has 0 fully saturated rings. The first-order chi connectivity index (χ1) is 9.06. The highest BCUT2D eigenvalue weighted by Crippen LogP contribution is 2.29. The Hall–Kier alpha value is -0.620. The zero-order chi connectivity index (χ0) is 14.4. The van der Waals surface area contributed by atoms with Crippen LogP contribution in [0.15, 0.2) is 6.20 Å². The van der Waals surface area contributed by atoms with Gasteiger partial charge < -0.3 is 14.8 Å². The lowest BCUT2D eigenvalue weighted by atomic mass is 9.97. The molecule has 0 saturated carbocycles. The summed E-state index contributed by atoms with van der Waals surface area (Å²) in [7, 11) is 5.30. The SMILES string of the molecule is CNC(c1c(Cl)cnn1CCOC)C(OC)C(C)C. The largest absolute Gasteiger partial charge is 0.383 e. The molecule has 0 aliphatic rings. The van der Waals surface area contributed by atoms with Crippen molar-refractivity contribution in [3.05, 3.63) is 16.9 Å². The molecule has 0 aliphatic heterocycles. The predicted molar refractivity (Wildman–Crippen MR) is 76.5 cm³/mol. The van der Waals surface area contributed by atoms with Gasteiger partial charge in [0.15, 0.2) is 0 Å². The summed E-state index contributed by atoms with van der Waals surface area (Å²) < 4.78 is 12.6. The third-order valence-electron chi connectivity index (χ3n) is 3.20. The molecule has 2 unspecified atom stereocenters. The van der Waals surface area contributed by atoms with Gasteiger partial charge >= 0.3 is 0 Å². The van der Waals surface area contributed by atoms with E-state index in [0.717, 1.165) is 5.69 Å². The molecule has 2 atom stereocenters. The predicted octanol–water partition coefficient (Wildman–Crippen LogP) is 2.11. The minimum Gasteiger partial charge on any atom is -0.383 e. The number of ether oxygens (including phenoxy) is 2. The van der Waals surface area contributed by atoms with Gasteiger partial charge in [0.2, 0.25) is 0 Å². The average Bonchev–Trinajstić information content (AvgIpc) is 2.74. The number of methoxy groups -OCH3 is 2. The van der Waals surface area contributed by atoms with Gasteiger partial charge in [-0.3, -0.25) is 4.68 Å². The van der Waals surface area contributed by atoms with E-state index in [1.54, 1.807) is 20.4 Å². The fraction of sp³-hybridized carbons (Fsp3) is 0.769.